The van der Waals surface area contributed by atoms with E-state index >= 15 is 0 Å². The van der Waals surface area contributed by atoms with E-state index in [0.717, 1.165) is 26.9 Å². The Bertz CT molecular complexity index is 1450. The number of piperidine rings is 1. The van der Waals surface area contributed by atoms with Crippen LogP contribution < -0.4 is 4.80 Å². The van der Waals surface area contributed by atoms with E-state index in [1.165, 1.54) is 22.8 Å². The van der Waals surface area contributed by atoms with Crippen LogP contribution in [0.2, 0.25) is 0 Å². The van der Waals surface area contributed by atoms with Crippen molar-refractivity contribution in [3.8, 4) is 0 Å². The van der Waals surface area contributed by atoms with Gasteiger partial charge in [0.15, 0.2) is 4.80 Å². The van der Waals surface area contributed by atoms with Gasteiger partial charge in [-0.1, -0.05) is 29.0 Å². The van der Waals surface area contributed by atoms with E-state index in [4.69, 9.17) is 4.74 Å². The summed E-state index contributed by atoms with van der Waals surface area (Å²) >= 11 is 1.33. The summed E-state index contributed by atoms with van der Waals surface area (Å²) in [5, 5.41) is 0. The van der Waals surface area contributed by atoms with E-state index in [-0.39, 0.29) is 23.9 Å². The van der Waals surface area contributed by atoms with Crippen LogP contribution in [0.1, 0.15) is 29.5 Å². The van der Waals surface area contributed by atoms with Crippen molar-refractivity contribution < 1.29 is 22.7 Å². The van der Waals surface area contributed by atoms with Crippen LogP contribution in [0.25, 0.3) is 10.2 Å². The largest absolute Gasteiger partial charge is 0.468 e. The van der Waals surface area contributed by atoms with Crippen LogP contribution in [0.4, 0.5) is 0 Å². The number of fused-ring (bicyclic) bond motifs is 1. The molecule has 1 saturated heterocycles. The minimum absolute atomic E-state index is 0.0658. The molecule has 1 fully saturated rings. The maximum atomic E-state index is 13.2. The minimum atomic E-state index is -3.70. The maximum Gasteiger partial charge on any atom is 0.325 e. The van der Waals surface area contributed by atoms with E-state index in [1.807, 2.05) is 32.9 Å². The summed E-state index contributed by atoms with van der Waals surface area (Å²) in [6.45, 7) is 6.27. The van der Waals surface area contributed by atoms with Crippen molar-refractivity contribution in [2.24, 2.45) is 10.9 Å². The van der Waals surface area contributed by atoms with Gasteiger partial charge in [0.05, 0.1) is 28.1 Å². The molecule has 0 aliphatic carbocycles. The van der Waals surface area contributed by atoms with E-state index in [9.17, 15) is 18.0 Å². The number of esters is 1. The third kappa shape index (κ3) is 5.24. The summed E-state index contributed by atoms with van der Waals surface area (Å²) in [4.78, 5) is 30.3. The first-order chi connectivity index (χ1) is 16.6. The maximum absolute atomic E-state index is 13.2. The van der Waals surface area contributed by atoms with Gasteiger partial charge in [0, 0.05) is 13.1 Å². The molecule has 1 aliphatic heterocycles. The van der Waals surface area contributed by atoms with Gasteiger partial charge in [-0.25, -0.2) is 8.42 Å². The highest BCUT2D eigenvalue weighted by molar-refractivity contribution is 7.89. The van der Waals surface area contributed by atoms with Crippen LogP contribution in [-0.4, -0.2) is 49.4 Å². The number of benzene rings is 2. The zero-order valence-electron chi connectivity index (χ0n) is 20.3. The number of carbonyl (C=O) groups excluding carboxylic acids is 2. The molecule has 0 spiro atoms. The van der Waals surface area contributed by atoms with Crippen LogP contribution >= 0.6 is 11.3 Å². The summed E-state index contributed by atoms with van der Waals surface area (Å²) in [6, 6.07) is 10.7. The Morgan fingerprint density at radius 3 is 2.49 bits per heavy atom. The van der Waals surface area contributed by atoms with Gasteiger partial charge in [0.25, 0.3) is 5.91 Å². The van der Waals surface area contributed by atoms with Crippen LogP contribution in [-0.2, 0) is 30.9 Å². The minimum Gasteiger partial charge on any atom is -0.468 e. The second kappa shape index (κ2) is 10.0. The van der Waals surface area contributed by atoms with E-state index in [2.05, 4.69) is 4.99 Å². The molecule has 1 unspecified atom stereocenters. The Morgan fingerprint density at radius 2 is 1.80 bits per heavy atom. The molecule has 0 N–H and O–H groups in total. The number of amides is 1. The highest BCUT2D eigenvalue weighted by Crippen LogP contribution is 2.26. The Balaban J connectivity index is 1.66. The quantitative estimate of drug-likeness (QED) is 0.486. The second-order valence-electron chi connectivity index (χ2n) is 8.92. The highest BCUT2D eigenvalue weighted by atomic mass is 32.2. The number of hydrogen-bond acceptors (Lipinski definition) is 6. The fraction of sp³-hybridized carbons (Fsp3) is 0.400. The zero-order chi connectivity index (χ0) is 25.3. The predicted octanol–water partition coefficient (Wildman–Crippen LogP) is 3.33. The average molecular weight is 516 g/mol. The lowest BCUT2D eigenvalue weighted by molar-refractivity contribution is -0.141. The van der Waals surface area contributed by atoms with Crippen molar-refractivity contribution in [3.63, 3.8) is 0 Å². The third-order valence-electron chi connectivity index (χ3n) is 6.41. The molecule has 2 aromatic carbocycles. The van der Waals surface area contributed by atoms with Gasteiger partial charge in [0.2, 0.25) is 10.0 Å². The number of sulfonamides is 1. The summed E-state index contributed by atoms with van der Waals surface area (Å²) in [6.07, 6.45) is 1.13. The van der Waals surface area contributed by atoms with E-state index in [1.54, 1.807) is 28.8 Å². The molecule has 1 atom stereocenters. The smallest absolute Gasteiger partial charge is 0.325 e. The molecular formula is C25H29N3O5S2. The summed E-state index contributed by atoms with van der Waals surface area (Å²) < 4.78 is 35.1. The summed E-state index contributed by atoms with van der Waals surface area (Å²) in [5.41, 5.74) is 3.95. The van der Waals surface area contributed by atoms with Gasteiger partial charge >= 0.3 is 5.97 Å². The van der Waals surface area contributed by atoms with Crippen LogP contribution in [0.3, 0.4) is 0 Å². The monoisotopic (exact) mass is 515 g/mol. The van der Waals surface area contributed by atoms with Gasteiger partial charge in [-0.3, -0.25) is 9.59 Å². The number of ether oxygens (including phenoxy) is 1. The molecule has 8 nitrogen and oxygen atoms in total. The SMILES string of the molecule is COC(=O)Cn1c(=NC(=O)C2CCCN(S(=O)(=O)c3ccc(C)cc3)C2)sc2cc(C)c(C)cc21. The standard InChI is InChI=1S/C25H29N3O5S2/c1-16-7-9-20(10-8-16)35(31,32)27-11-5-6-19(14-27)24(30)26-25-28(15-23(29)33-4)21-12-17(2)18(3)13-22(21)34-25/h7-10,12-13,19H,5-6,11,14-15H2,1-4H3. The van der Waals surface area contributed by atoms with Crippen molar-refractivity contribution in [2.75, 3.05) is 20.2 Å². The fourth-order valence-corrected chi connectivity index (χ4v) is 6.80. The van der Waals surface area contributed by atoms with E-state index in [0.29, 0.717) is 24.2 Å². The number of nitrogens with zero attached hydrogens (tertiary/aromatic N) is 3. The van der Waals surface area contributed by atoms with Gasteiger partial charge in [-0.05, 0) is 69.0 Å². The first kappa shape index (κ1) is 25.3. The molecule has 1 aliphatic rings. The molecule has 0 saturated carbocycles. The van der Waals surface area contributed by atoms with Crippen molar-refractivity contribution >= 4 is 43.5 Å². The van der Waals surface area contributed by atoms with Crippen molar-refractivity contribution in [1.82, 2.24) is 8.87 Å². The van der Waals surface area contributed by atoms with Crippen molar-refractivity contribution in [3.05, 3.63) is 57.9 Å². The topological polar surface area (TPSA) is 98.0 Å². The number of carbonyl (C=O) groups is 2. The van der Waals surface area contributed by atoms with Crippen molar-refractivity contribution in [2.45, 2.75) is 45.1 Å². The fourth-order valence-electron chi connectivity index (χ4n) is 4.16. The molecule has 1 aromatic heterocycles. The van der Waals surface area contributed by atoms with Crippen LogP contribution in [0, 0.1) is 26.7 Å². The lowest BCUT2D eigenvalue weighted by Gasteiger charge is -2.30. The molecule has 2 heterocycles. The van der Waals surface area contributed by atoms with E-state index < -0.39 is 21.9 Å². The predicted molar refractivity (Wildman–Crippen MR) is 135 cm³/mol. The first-order valence-electron chi connectivity index (χ1n) is 11.4. The highest BCUT2D eigenvalue weighted by Gasteiger charge is 2.33. The molecule has 0 bridgehead atoms. The van der Waals surface area contributed by atoms with Gasteiger partial charge in [-0.2, -0.15) is 9.30 Å². The Hall–Kier alpha value is -2.82. The third-order valence-corrected chi connectivity index (χ3v) is 9.33. The number of hydrogen-bond donors (Lipinski definition) is 0. The molecule has 4 rings (SSSR count). The molecule has 186 valence electrons. The number of methoxy groups -OCH3 is 1. The van der Waals surface area contributed by atoms with Crippen molar-refractivity contribution in [1.29, 1.82) is 0 Å². The number of thiazole rings is 1. The number of aryl methyl sites for hydroxylation is 3. The molecule has 3 aromatic rings. The summed E-state index contributed by atoms with van der Waals surface area (Å²) in [7, 11) is -2.38. The van der Waals surface area contributed by atoms with Crippen LogP contribution in [0.15, 0.2) is 46.3 Å². The van der Waals surface area contributed by atoms with Gasteiger partial charge < -0.3 is 9.30 Å². The van der Waals surface area contributed by atoms with Gasteiger partial charge in [0.1, 0.15) is 6.54 Å². The Labute approximate surface area is 208 Å². The lowest BCUT2D eigenvalue weighted by atomic mass is 9.99. The average Bonchev–Trinajstić information content (AvgIpc) is 3.15. The molecule has 0 radical (unpaired) electrons. The van der Waals surface area contributed by atoms with Crippen LogP contribution in [0.5, 0.6) is 0 Å². The molecular weight excluding hydrogens is 486 g/mol. The first-order valence-corrected chi connectivity index (χ1v) is 13.7. The Morgan fingerprint density at radius 1 is 1.11 bits per heavy atom. The van der Waals surface area contributed by atoms with Gasteiger partial charge in [-0.15, -0.1) is 0 Å². The molecule has 35 heavy (non-hydrogen) atoms. The molecule has 1 amide bonds. The summed E-state index contributed by atoms with van der Waals surface area (Å²) in [5.74, 6) is -1.37. The Kier molecular flexibility index (Phi) is 7.25. The molecule has 10 heteroatoms. The number of rotatable bonds is 5. The number of aromatic nitrogens is 1. The lowest BCUT2D eigenvalue weighted by Crippen LogP contribution is -2.42. The second-order valence-corrected chi connectivity index (χ2v) is 11.9. The normalized spacial score (nSPS) is 17.6. The zero-order valence-corrected chi connectivity index (χ0v) is 21.9.